The third-order valence-corrected chi connectivity index (χ3v) is 6.59. The van der Waals surface area contributed by atoms with Crippen molar-refractivity contribution in [1.82, 2.24) is 20.9 Å². The predicted molar refractivity (Wildman–Crippen MR) is 155 cm³/mol. The maximum absolute atomic E-state index is 13.3. The van der Waals surface area contributed by atoms with Gasteiger partial charge in [-0.3, -0.25) is 24.2 Å². The number of fused-ring (bicyclic) bond motifs is 1. The number of aliphatic carboxylic acids is 2. The molecule has 0 spiro atoms. The van der Waals surface area contributed by atoms with Gasteiger partial charge in [0.1, 0.15) is 18.1 Å². The molecule has 4 unspecified atom stereocenters. The van der Waals surface area contributed by atoms with Crippen molar-refractivity contribution in [2.75, 3.05) is 6.54 Å². The Balaban J connectivity index is 2.22. The smallest absolute Gasteiger partial charge is 0.326 e. The van der Waals surface area contributed by atoms with Crippen molar-refractivity contribution in [3.05, 3.63) is 36.0 Å². The molecule has 1 heterocycles. The van der Waals surface area contributed by atoms with Gasteiger partial charge in [-0.15, -0.1) is 0 Å². The molecule has 0 aliphatic heterocycles. The number of carboxylic acid groups (broad SMARTS) is 2. The standard InChI is InChI=1S/C27H40N8O7/c1-14(2)22(28)25(40)34-18(8-5-11-31-27(29)30)23(38)33-19(9-10-21(36)37)24(39)35-20(26(41)42)12-15-13-32-17-7-4-3-6-16(15)17/h3-4,6-7,13-14,18-20,22,32H,5,8-12,28H2,1-2H3,(H,33,38)(H,34,40)(H,35,39)(H,36,37)(H,41,42)(H4,29,30,31). The van der Waals surface area contributed by atoms with Crippen molar-refractivity contribution in [3.63, 3.8) is 0 Å². The number of aliphatic imine (C=N–C) groups is 1. The molecule has 1 aromatic heterocycles. The zero-order chi connectivity index (χ0) is 31.4. The number of nitrogens with zero attached hydrogens (tertiary/aromatic N) is 1. The van der Waals surface area contributed by atoms with E-state index in [9.17, 15) is 34.2 Å². The predicted octanol–water partition coefficient (Wildman–Crippen LogP) is -0.849. The van der Waals surface area contributed by atoms with Gasteiger partial charge in [-0.1, -0.05) is 32.0 Å². The number of carbonyl (C=O) groups excluding carboxylic acids is 3. The minimum atomic E-state index is -1.41. The largest absolute Gasteiger partial charge is 0.481 e. The number of aromatic nitrogens is 1. The lowest BCUT2D eigenvalue weighted by Crippen LogP contribution is -2.57. The number of hydrogen-bond acceptors (Lipinski definition) is 7. The Morgan fingerprint density at radius 2 is 1.50 bits per heavy atom. The number of hydrogen-bond donors (Lipinski definition) is 9. The fourth-order valence-corrected chi connectivity index (χ4v) is 4.14. The molecule has 3 amide bonds. The molecule has 15 heteroatoms. The summed E-state index contributed by atoms with van der Waals surface area (Å²) in [5.41, 5.74) is 18.0. The zero-order valence-corrected chi connectivity index (χ0v) is 23.6. The fourth-order valence-electron chi connectivity index (χ4n) is 4.14. The molecule has 0 radical (unpaired) electrons. The maximum Gasteiger partial charge on any atom is 0.326 e. The summed E-state index contributed by atoms with van der Waals surface area (Å²) >= 11 is 0. The second-order valence-electron chi connectivity index (χ2n) is 10.2. The number of carboxylic acids is 2. The Morgan fingerprint density at radius 3 is 2.10 bits per heavy atom. The molecule has 0 aliphatic rings. The van der Waals surface area contributed by atoms with Crippen LogP contribution >= 0.6 is 0 Å². The number of carbonyl (C=O) groups is 5. The minimum absolute atomic E-state index is 0.0682. The van der Waals surface area contributed by atoms with E-state index in [1.165, 1.54) is 0 Å². The molecule has 2 aromatic rings. The van der Waals surface area contributed by atoms with Gasteiger partial charge >= 0.3 is 11.9 Å². The maximum atomic E-state index is 13.3. The van der Waals surface area contributed by atoms with E-state index in [0.29, 0.717) is 5.56 Å². The van der Waals surface area contributed by atoms with Gasteiger partial charge in [-0.05, 0) is 36.8 Å². The summed E-state index contributed by atoms with van der Waals surface area (Å²) in [6.07, 6.45) is 1.12. The minimum Gasteiger partial charge on any atom is -0.481 e. The van der Waals surface area contributed by atoms with Crippen LogP contribution in [0.4, 0.5) is 0 Å². The topological polar surface area (TPSA) is 268 Å². The van der Waals surface area contributed by atoms with Crippen molar-refractivity contribution in [3.8, 4) is 0 Å². The van der Waals surface area contributed by atoms with Gasteiger partial charge in [-0.2, -0.15) is 0 Å². The quantitative estimate of drug-likeness (QED) is 0.0627. The van der Waals surface area contributed by atoms with E-state index in [2.05, 4.69) is 25.9 Å². The van der Waals surface area contributed by atoms with Crippen LogP contribution in [-0.2, 0) is 30.4 Å². The van der Waals surface area contributed by atoms with Gasteiger partial charge in [-0.25, -0.2) is 4.79 Å². The number of benzene rings is 1. The number of H-pyrrole nitrogens is 1. The first-order chi connectivity index (χ1) is 19.8. The SMILES string of the molecule is CC(C)C(N)C(=O)NC(CCCN=C(N)N)C(=O)NC(CCC(=O)O)C(=O)NC(Cc1c[nH]c2ccccc12)C(=O)O. The van der Waals surface area contributed by atoms with Crippen LogP contribution in [0.25, 0.3) is 10.9 Å². The second-order valence-corrected chi connectivity index (χ2v) is 10.2. The van der Waals surface area contributed by atoms with Crippen LogP contribution in [0.3, 0.4) is 0 Å². The zero-order valence-electron chi connectivity index (χ0n) is 23.6. The molecule has 12 N–H and O–H groups in total. The summed E-state index contributed by atoms with van der Waals surface area (Å²) in [6, 6.07) is 2.40. The Bertz CT molecular complexity index is 1290. The second kappa shape index (κ2) is 16.0. The van der Waals surface area contributed by atoms with Crippen LogP contribution in [0.5, 0.6) is 0 Å². The van der Waals surface area contributed by atoms with Crippen molar-refractivity contribution in [2.24, 2.45) is 28.1 Å². The van der Waals surface area contributed by atoms with E-state index in [0.717, 1.165) is 10.9 Å². The number of amides is 3. The molecule has 0 saturated heterocycles. The molecule has 0 fully saturated rings. The van der Waals surface area contributed by atoms with Gasteiger partial charge in [0, 0.05) is 36.5 Å². The number of aromatic amines is 1. The van der Waals surface area contributed by atoms with Crippen molar-refractivity contribution in [1.29, 1.82) is 0 Å². The van der Waals surface area contributed by atoms with Crippen LogP contribution in [0.1, 0.15) is 45.1 Å². The van der Waals surface area contributed by atoms with Crippen LogP contribution in [-0.4, -0.2) is 81.5 Å². The van der Waals surface area contributed by atoms with Crippen molar-refractivity contribution < 1.29 is 34.2 Å². The van der Waals surface area contributed by atoms with Gasteiger partial charge in [0.25, 0.3) is 0 Å². The summed E-state index contributed by atoms with van der Waals surface area (Å²) < 4.78 is 0. The third-order valence-electron chi connectivity index (χ3n) is 6.59. The molecular weight excluding hydrogens is 548 g/mol. The normalized spacial score (nSPS) is 13.9. The van der Waals surface area contributed by atoms with Crippen LogP contribution in [0.15, 0.2) is 35.5 Å². The molecule has 4 atom stereocenters. The highest BCUT2D eigenvalue weighted by atomic mass is 16.4. The Labute approximate surface area is 242 Å². The van der Waals surface area contributed by atoms with Gasteiger partial charge in [0.2, 0.25) is 17.7 Å². The van der Waals surface area contributed by atoms with E-state index >= 15 is 0 Å². The average Bonchev–Trinajstić information content (AvgIpc) is 3.33. The Morgan fingerprint density at radius 1 is 0.905 bits per heavy atom. The summed E-state index contributed by atoms with van der Waals surface area (Å²) in [4.78, 5) is 69.4. The summed E-state index contributed by atoms with van der Waals surface area (Å²) in [7, 11) is 0. The van der Waals surface area contributed by atoms with Gasteiger partial charge in [0.15, 0.2) is 5.96 Å². The van der Waals surface area contributed by atoms with Crippen LogP contribution in [0.2, 0.25) is 0 Å². The first-order valence-electron chi connectivity index (χ1n) is 13.5. The molecule has 1 aromatic carbocycles. The van der Waals surface area contributed by atoms with Gasteiger partial charge in [0.05, 0.1) is 6.04 Å². The molecule has 0 aliphatic carbocycles. The number of nitrogens with two attached hydrogens (primary N) is 3. The van der Waals surface area contributed by atoms with Crippen molar-refractivity contribution >= 4 is 46.5 Å². The lowest BCUT2D eigenvalue weighted by Gasteiger charge is -2.25. The van der Waals surface area contributed by atoms with E-state index in [-0.39, 0.29) is 44.1 Å². The van der Waals surface area contributed by atoms with E-state index in [1.807, 2.05) is 18.2 Å². The summed E-state index contributed by atoms with van der Waals surface area (Å²) in [6.45, 7) is 3.63. The molecule has 0 saturated carbocycles. The summed E-state index contributed by atoms with van der Waals surface area (Å²) in [5.74, 6) is -5.17. The van der Waals surface area contributed by atoms with Gasteiger partial charge < -0.3 is 48.3 Å². The monoisotopic (exact) mass is 588 g/mol. The number of para-hydroxylation sites is 1. The molecule has 230 valence electrons. The number of rotatable bonds is 17. The van der Waals surface area contributed by atoms with Crippen LogP contribution in [0, 0.1) is 5.92 Å². The molecule has 0 bridgehead atoms. The van der Waals surface area contributed by atoms with E-state index in [4.69, 9.17) is 17.2 Å². The lowest BCUT2D eigenvalue weighted by atomic mass is 10.0. The average molecular weight is 589 g/mol. The first-order valence-corrected chi connectivity index (χ1v) is 13.5. The first kappa shape index (κ1) is 33.5. The highest BCUT2D eigenvalue weighted by Gasteiger charge is 2.31. The Kier molecular flexibility index (Phi) is 12.7. The third kappa shape index (κ3) is 10.4. The number of nitrogens with one attached hydrogen (secondary N) is 4. The molecular formula is C27H40N8O7. The highest BCUT2D eigenvalue weighted by Crippen LogP contribution is 2.19. The van der Waals surface area contributed by atoms with E-state index < -0.39 is 60.2 Å². The summed E-state index contributed by atoms with van der Waals surface area (Å²) in [5, 5.41) is 27.3. The lowest BCUT2D eigenvalue weighted by molar-refractivity contribution is -0.143. The van der Waals surface area contributed by atoms with Crippen molar-refractivity contribution in [2.45, 2.75) is 70.1 Å². The number of guanidine groups is 1. The molecule has 2 rings (SSSR count). The highest BCUT2D eigenvalue weighted by molar-refractivity contribution is 5.94. The van der Waals surface area contributed by atoms with Crippen LogP contribution < -0.4 is 33.2 Å². The molecule has 15 nitrogen and oxygen atoms in total. The van der Waals surface area contributed by atoms with E-state index in [1.54, 1.807) is 26.1 Å². The fraction of sp³-hybridized carbons (Fsp3) is 0.481. The molecule has 42 heavy (non-hydrogen) atoms. The Hall–Kier alpha value is -4.66.